The Morgan fingerprint density at radius 3 is 1.98 bits per heavy atom. The summed E-state index contributed by atoms with van der Waals surface area (Å²) in [5.41, 5.74) is 11.2. The van der Waals surface area contributed by atoms with Crippen molar-refractivity contribution in [2.45, 2.75) is 83.3 Å². The van der Waals surface area contributed by atoms with E-state index in [1.54, 1.807) is 0 Å². The van der Waals surface area contributed by atoms with Gasteiger partial charge in [-0.1, -0.05) is 54.6 Å². The molecule has 0 radical (unpaired) electrons. The van der Waals surface area contributed by atoms with Crippen molar-refractivity contribution in [1.82, 2.24) is 14.8 Å². The van der Waals surface area contributed by atoms with Crippen LogP contribution in [-0.2, 0) is 16.0 Å². The molecule has 3 N–H and O–H groups in total. The summed E-state index contributed by atoms with van der Waals surface area (Å²) in [6.07, 6.45) is 11.6. The molecule has 248 valence electrons. The van der Waals surface area contributed by atoms with Crippen LogP contribution in [0.5, 0.6) is 0 Å². The van der Waals surface area contributed by atoms with Gasteiger partial charge in [0.25, 0.3) is 0 Å². The van der Waals surface area contributed by atoms with Crippen LogP contribution >= 0.6 is 12.4 Å². The van der Waals surface area contributed by atoms with Crippen LogP contribution in [0.15, 0.2) is 60.7 Å². The van der Waals surface area contributed by atoms with Gasteiger partial charge in [-0.25, -0.2) is 0 Å². The fourth-order valence-corrected chi connectivity index (χ4v) is 8.46. The molecular weight excluding hydrogens is 596 g/mol. The number of hydrogen-bond acceptors (Lipinski definition) is 6. The Labute approximate surface area is 280 Å². The van der Waals surface area contributed by atoms with Crippen LogP contribution in [0.3, 0.4) is 0 Å². The third-order valence-corrected chi connectivity index (χ3v) is 11.4. The normalized spacial score (nSPS) is 28.5. The summed E-state index contributed by atoms with van der Waals surface area (Å²) >= 11 is 0. The van der Waals surface area contributed by atoms with Crippen molar-refractivity contribution in [3.8, 4) is 0 Å². The van der Waals surface area contributed by atoms with Gasteiger partial charge in [0.2, 0.25) is 0 Å². The second-order valence-corrected chi connectivity index (χ2v) is 14.4. The van der Waals surface area contributed by atoms with Gasteiger partial charge in [-0.3, -0.25) is 14.6 Å². The molecule has 6 saturated heterocycles. The van der Waals surface area contributed by atoms with E-state index in [9.17, 15) is 4.79 Å². The van der Waals surface area contributed by atoms with Crippen LogP contribution in [0.25, 0.3) is 17.0 Å². The van der Waals surface area contributed by atoms with Crippen LogP contribution in [0.1, 0.15) is 81.4 Å². The maximum absolute atomic E-state index is 12.8. The smallest absolute Gasteiger partial charge is 0.352 e. The first-order chi connectivity index (χ1) is 21.6. The molecule has 7 aliphatic rings. The van der Waals surface area contributed by atoms with E-state index in [-0.39, 0.29) is 35.4 Å². The van der Waals surface area contributed by atoms with Crippen LogP contribution < -0.4 is 5.73 Å². The highest BCUT2D eigenvalue weighted by molar-refractivity contribution is 5.99. The molecule has 8 heteroatoms. The summed E-state index contributed by atoms with van der Waals surface area (Å²) in [6, 6.07) is 19.0. The molecular formula is C38H51ClN4O3. The molecule has 7 nitrogen and oxygen atoms in total. The lowest BCUT2D eigenvalue weighted by Crippen LogP contribution is -2.67. The van der Waals surface area contributed by atoms with Crippen LogP contribution in [0.2, 0.25) is 0 Å². The molecule has 4 bridgehead atoms. The summed E-state index contributed by atoms with van der Waals surface area (Å²) < 4.78 is 0. The molecule has 6 aliphatic heterocycles. The van der Waals surface area contributed by atoms with E-state index in [0.717, 1.165) is 28.9 Å². The number of H-pyrrole nitrogens is 1. The van der Waals surface area contributed by atoms with Gasteiger partial charge in [0, 0.05) is 34.4 Å². The number of aromatic nitrogens is 1. The molecule has 0 unspecified atom stereocenters. The molecule has 3 aromatic rings. The van der Waals surface area contributed by atoms with E-state index in [1.165, 1.54) is 63.0 Å². The van der Waals surface area contributed by atoms with Gasteiger partial charge in [0.15, 0.2) is 5.78 Å². The zero-order valence-corrected chi connectivity index (χ0v) is 28.7. The van der Waals surface area contributed by atoms with Crippen molar-refractivity contribution in [2.24, 2.45) is 23.5 Å². The van der Waals surface area contributed by atoms with E-state index in [1.807, 2.05) is 24.3 Å². The number of carbonyl (C=O) groups excluding carboxylic acids is 3. The number of ketones is 1. The van der Waals surface area contributed by atoms with Crippen molar-refractivity contribution in [2.75, 3.05) is 26.2 Å². The second-order valence-electron chi connectivity index (χ2n) is 14.4. The summed E-state index contributed by atoms with van der Waals surface area (Å²) in [6.45, 7) is 14.1. The van der Waals surface area contributed by atoms with E-state index in [0.29, 0.717) is 24.3 Å². The molecule has 46 heavy (non-hydrogen) atoms. The number of nitrogens with two attached hydrogens (primary N) is 1. The van der Waals surface area contributed by atoms with Gasteiger partial charge in [-0.15, -0.1) is 12.4 Å². The molecule has 0 spiro atoms. The highest BCUT2D eigenvalue weighted by atomic mass is 35.5. The summed E-state index contributed by atoms with van der Waals surface area (Å²) in [5, 5.41) is 1.12. The first-order valence-electron chi connectivity index (χ1n) is 16.7. The van der Waals surface area contributed by atoms with E-state index in [4.69, 9.17) is 15.3 Å². The zero-order chi connectivity index (χ0) is 32.2. The Morgan fingerprint density at radius 2 is 1.43 bits per heavy atom. The van der Waals surface area contributed by atoms with Crippen molar-refractivity contribution >= 4 is 41.3 Å². The molecule has 0 amide bonds. The van der Waals surface area contributed by atoms with Gasteiger partial charge in [0.05, 0.1) is 5.69 Å². The highest BCUT2D eigenvalue weighted by Gasteiger charge is 2.48. The Morgan fingerprint density at radius 1 is 0.870 bits per heavy atom. The van der Waals surface area contributed by atoms with Crippen LogP contribution in [0, 0.1) is 17.8 Å². The van der Waals surface area contributed by atoms with Crippen molar-refractivity contribution in [1.29, 1.82) is 0 Å². The van der Waals surface area contributed by atoms with Crippen LogP contribution in [0.4, 0.5) is 0 Å². The van der Waals surface area contributed by atoms with E-state index in [2.05, 4.69) is 85.0 Å². The SMILES string of the molecule is C1=Cc2ccccc2C1.CC1(C)[C@H](CC(=O)c2cc3ccccc3[nH]2)C2CCN1CC2.CC1(C)[C@H](N)C2CCN1CC2.Cl.O=C=O. The number of benzene rings is 2. The molecule has 1 aliphatic carbocycles. The fourth-order valence-electron chi connectivity index (χ4n) is 8.46. The van der Waals surface area contributed by atoms with Crippen molar-refractivity contribution in [3.63, 3.8) is 0 Å². The number of para-hydroxylation sites is 1. The number of piperidine rings is 6. The van der Waals surface area contributed by atoms with E-state index >= 15 is 0 Å². The van der Waals surface area contributed by atoms with E-state index < -0.39 is 0 Å². The molecule has 6 fully saturated rings. The minimum absolute atomic E-state index is 0. The number of aromatic amines is 1. The number of Topliss-reactive ketones (excluding diaryl/α,β-unsaturated/α-hetero) is 1. The van der Waals surface area contributed by atoms with Gasteiger partial charge >= 0.3 is 6.15 Å². The molecule has 2 aromatic carbocycles. The highest BCUT2D eigenvalue weighted by Crippen LogP contribution is 2.45. The van der Waals surface area contributed by atoms with Crippen molar-refractivity contribution in [3.05, 3.63) is 77.5 Å². The Balaban J connectivity index is 0.000000167. The predicted octanol–water partition coefficient (Wildman–Crippen LogP) is 6.77. The quantitative estimate of drug-likeness (QED) is 0.305. The van der Waals surface area contributed by atoms with Crippen LogP contribution in [-0.4, -0.2) is 70.0 Å². The molecule has 10 rings (SSSR count). The maximum Gasteiger partial charge on any atom is 0.373 e. The molecule has 7 heterocycles. The lowest BCUT2D eigenvalue weighted by atomic mass is 9.65. The topological polar surface area (TPSA) is 99.5 Å². The average Bonchev–Trinajstić information content (AvgIpc) is 3.71. The Hall–Kier alpha value is -3.06. The fraction of sp³-hybridized carbons (Fsp3) is 0.526. The molecule has 2 atom stereocenters. The maximum atomic E-state index is 12.8. The number of nitrogens with zero attached hydrogens (tertiary/aromatic N) is 2. The number of fused-ring (bicyclic) bond motifs is 8. The lowest BCUT2D eigenvalue weighted by Gasteiger charge is -2.56. The second kappa shape index (κ2) is 15.2. The minimum Gasteiger partial charge on any atom is -0.352 e. The summed E-state index contributed by atoms with van der Waals surface area (Å²) in [5.74, 6) is 2.26. The number of carbonyl (C=O) groups is 1. The number of allylic oxidation sites excluding steroid dienone is 1. The van der Waals surface area contributed by atoms with Gasteiger partial charge in [-0.05, 0) is 127 Å². The number of halogens is 1. The first-order valence-corrected chi connectivity index (χ1v) is 16.7. The number of nitrogens with one attached hydrogen (secondary N) is 1. The van der Waals surface area contributed by atoms with Gasteiger partial charge < -0.3 is 10.7 Å². The number of rotatable bonds is 3. The standard InChI is InChI=1S/C19H24N2O.C9H18N2.C9H8.CO2.ClH/c1-19(2)15(13-7-9-21(19)10-8-13)12-18(22)17-11-14-5-3-4-6-16(14)20-17;1-9(2)8(10)7-3-5-11(9)6-4-7;1-2-5-9-7-3-6-8(9)4-1;2-1-3;/h3-6,11,13,15,20H,7-10,12H2,1-2H3;7-8H,3-6,10H2,1-2H3;1-6H,7H2;;1H/t15-;8-;;;/m11.../s1. The average molecular weight is 647 g/mol. The van der Waals surface area contributed by atoms with Gasteiger partial charge in [-0.2, -0.15) is 9.59 Å². The Bertz CT molecular complexity index is 1490. The largest absolute Gasteiger partial charge is 0.373 e. The van der Waals surface area contributed by atoms with Crippen molar-refractivity contribution < 1.29 is 14.4 Å². The molecule has 1 aromatic heterocycles. The third-order valence-electron chi connectivity index (χ3n) is 11.4. The predicted molar refractivity (Wildman–Crippen MR) is 187 cm³/mol. The third kappa shape index (κ3) is 7.56. The monoisotopic (exact) mass is 646 g/mol. The van der Waals surface area contributed by atoms with Gasteiger partial charge in [0.1, 0.15) is 0 Å². The Kier molecular flexibility index (Phi) is 11.8. The minimum atomic E-state index is 0. The zero-order valence-electron chi connectivity index (χ0n) is 27.8. The summed E-state index contributed by atoms with van der Waals surface area (Å²) in [7, 11) is 0. The summed E-state index contributed by atoms with van der Waals surface area (Å²) in [4.78, 5) is 37.5. The lowest BCUT2D eigenvalue weighted by molar-refractivity contribution is -0.191. The number of hydrogen-bond donors (Lipinski definition) is 2. The first kappa shape index (κ1) is 35.8. The molecule has 0 saturated carbocycles.